The van der Waals surface area contributed by atoms with Gasteiger partial charge < -0.3 is 14.2 Å². The highest BCUT2D eigenvalue weighted by Crippen LogP contribution is 2.21. The van der Waals surface area contributed by atoms with E-state index in [2.05, 4.69) is 0 Å². The van der Waals surface area contributed by atoms with Gasteiger partial charge in [0, 0.05) is 20.6 Å². The van der Waals surface area contributed by atoms with Crippen LogP contribution < -0.4 is 0 Å². The molecule has 0 unspecified atom stereocenters. The molecule has 0 rings (SSSR count). The van der Waals surface area contributed by atoms with Crippen LogP contribution in [0, 0.1) is 0 Å². The number of rotatable bonds is 7. The van der Waals surface area contributed by atoms with Gasteiger partial charge in [0.15, 0.2) is 0 Å². The normalized spacial score (nSPS) is 11.4. The van der Waals surface area contributed by atoms with Gasteiger partial charge in [0.1, 0.15) is 0 Å². The molecule has 4 heteroatoms. The first kappa shape index (κ1) is 13.4. The molecule has 0 saturated carbocycles. The summed E-state index contributed by atoms with van der Waals surface area (Å²) in [6, 6.07) is 0. The Labute approximate surface area is 85.5 Å². The van der Waals surface area contributed by atoms with Gasteiger partial charge in [-0.1, -0.05) is 13.3 Å². The number of hydrogen-bond acceptors (Lipinski definition) is 4. The van der Waals surface area contributed by atoms with Gasteiger partial charge in [0.25, 0.3) is 5.79 Å². The number of ether oxygens (including phenoxy) is 3. The summed E-state index contributed by atoms with van der Waals surface area (Å²) in [5.41, 5.74) is 0. The first-order chi connectivity index (χ1) is 6.66. The third-order valence-electron chi connectivity index (χ3n) is 2.11. The molecule has 0 amide bonds. The second kappa shape index (κ2) is 6.79. The fourth-order valence-electron chi connectivity index (χ4n) is 1.21. The van der Waals surface area contributed by atoms with Crippen LogP contribution in [0.2, 0.25) is 0 Å². The van der Waals surface area contributed by atoms with Crippen molar-refractivity contribution < 1.29 is 19.0 Å². The lowest BCUT2D eigenvalue weighted by atomic mass is 10.1. The molecule has 0 radical (unpaired) electrons. The number of esters is 1. The topological polar surface area (TPSA) is 44.8 Å². The van der Waals surface area contributed by atoms with E-state index in [0.29, 0.717) is 13.0 Å². The Hall–Kier alpha value is -0.610. The van der Waals surface area contributed by atoms with Crippen molar-refractivity contribution in [3.05, 3.63) is 0 Å². The molecular formula is C10H20O4. The Morgan fingerprint density at radius 2 is 1.79 bits per heavy atom. The van der Waals surface area contributed by atoms with Gasteiger partial charge in [0.2, 0.25) is 0 Å². The fraction of sp³-hybridized carbons (Fsp3) is 0.900. The van der Waals surface area contributed by atoms with E-state index in [0.717, 1.165) is 12.8 Å². The van der Waals surface area contributed by atoms with E-state index in [1.165, 1.54) is 14.2 Å². The fourth-order valence-corrected chi connectivity index (χ4v) is 1.21. The van der Waals surface area contributed by atoms with Crippen molar-refractivity contribution in [2.24, 2.45) is 0 Å². The van der Waals surface area contributed by atoms with Gasteiger partial charge in [0.05, 0.1) is 6.61 Å². The Bertz CT molecular complexity index is 164. The summed E-state index contributed by atoms with van der Waals surface area (Å²) in [7, 11) is 2.91. The first-order valence-corrected chi connectivity index (χ1v) is 4.94. The summed E-state index contributed by atoms with van der Waals surface area (Å²) >= 11 is 0. The summed E-state index contributed by atoms with van der Waals surface area (Å²) in [6.07, 6.45) is 2.36. The minimum absolute atomic E-state index is 0.333. The van der Waals surface area contributed by atoms with E-state index < -0.39 is 11.8 Å². The SMILES string of the molecule is CCCCC(OC)(OC)C(=O)OCC. The highest BCUT2D eigenvalue weighted by atomic mass is 16.7. The molecule has 0 N–H and O–H groups in total. The zero-order valence-electron chi connectivity index (χ0n) is 9.46. The molecule has 0 aromatic heterocycles. The predicted octanol–water partition coefficient (Wildman–Crippen LogP) is 1.73. The average molecular weight is 204 g/mol. The summed E-state index contributed by atoms with van der Waals surface area (Å²) in [6.45, 7) is 4.13. The Morgan fingerprint density at radius 1 is 1.21 bits per heavy atom. The molecule has 0 saturated heterocycles. The van der Waals surface area contributed by atoms with Crippen LogP contribution in [-0.4, -0.2) is 32.6 Å². The van der Waals surface area contributed by atoms with Crippen molar-refractivity contribution in [2.45, 2.75) is 38.9 Å². The molecule has 0 aliphatic heterocycles. The number of unbranched alkanes of at least 4 members (excludes halogenated alkanes) is 1. The second-order valence-electron chi connectivity index (χ2n) is 2.99. The lowest BCUT2D eigenvalue weighted by Gasteiger charge is -2.27. The van der Waals surface area contributed by atoms with Gasteiger partial charge in [-0.25, -0.2) is 4.79 Å². The van der Waals surface area contributed by atoms with Crippen molar-refractivity contribution in [3.8, 4) is 0 Å². The quantitative estimate of drug-likeness (QED) is 0.468. The predicted molar refractivity (Wildman–Crippen MR) is 52.9 cm³/mol. The molecule has 84 valence electrons. The Kier molecular flexibility index (Phi) is 6.49. The molecule has 0 aromatic carbocycles. The molecule has 0 bridgehead atoms. The van der Waals surface area contributed by atoms with Crippen LogP contribution in [0.15, 0.2) is 0 Å². The van der Waals surface area contributed by atoms with E-state index in [-0.39, 0.29) is 0 Å². The van der Waals surface area contributed by atoms with E-state index in [1.807, 2.05) is 6.92 Å². The third-order valence-corrected chi connectivity index (χ3v) is 2.11. The van der Waals surface area contributed by atoms with E-state index in [4.69, 9.17) is 14.2 Å². The van der Waals surface area contributed by atoms with Crippen LogP contribution in [0.5, 0.6) is 0 Å². The van der Waals surface area contributed by atoms with Crippen molar-refractivity contribution >= 4 is 5.97 Å². The summed E-state index contributed by atoms with van der Waals surface area (Å²) < 4.78 is 15.1. The van der Waals surface area contributed by atoms with Crippen LogP contribution in [-0.2, 0) is 19.0 Å². The molecule has 4 nitrogen and oxygen atoms in total. The summed E-state index contributed by atoms with van der Waals surface area (Å²) in [5.74, 6) is -1.66. The standard InChI is InChI=1S/C10H20O4/c1-5-7-8-10(12-3,13-4)9(11)14-6-2/h5-8H2,1-4H3. The maximum Gasteiger partial charge on any atom is 0.366 e. The minimum Gasteiger partial charge on any atom is -0.462 e. The van der Waals surface area contributed by atoms with E-state index in [9.17, 15) is 4.79 Å². The first-order valence-electron chi connectivity index (χ1n) is 4.94. The zero-order chi connectivity index (χ0) is 11.0. The van der Waals surface area contributed by atoms with Gasteiger partial charge in [-0.2, -0.15) is 0 Å². The maximum atomic E-state index is 11.6. The lowest BCUT2D eigenvalue weighted by Crippen LogP contribution is -2.44. The molecule has 0 aliphatic rings. The van der Waals surface area contributed by atoms with Crippen LogP contribution in [0.1, 0.15) is 33.1 Å². The monoisotopic (exact) mass is 204 g/mol. The number of hydrogen-bond donors (Lipinski definition) is 0. The van der Waals surface area contributed by atoms with Crippen molar-refractivity contribution in [2.75, 3.05) is 20.8 Å². The highest BCUT2D eigenvalue weighted by Gasteiger charge is 2.39. The zero-order valence-corrected chi connectivity index (χ0v) is 9.46. The number of methoxy groups -OCH3 is 2. The molecule has 14 heavy (non-hydrogen) atoms. The van der Waals surface area contributed by atoms with Gasteiger partial charge in [-0.15, -0.1) is 0 Å². The van der Waals surface area contributed by atoms with E-state index >= 15 is 0 Å². The largest absolute Gasteiger partial charge is 0.462 e. The minimum atomic E-state index is -1.22. The molecule has 0 atom stereocenters. The van der Waals surface area contributed by atoms with Crippen LogP contribution in [0.3, 0.4) is 0 Å². The van der Waals surface area contributed by atoms with Crippen molar-refractivity contribution in [1.29, 1.82) is 0 Å². The molecule has 0 fully saturated rings. The number of carbonyl (C=O) groups is 1. The molecular weight excluding hydrogens is 184 g/mol. The second-order valence-corrected chi connectivity index (χ2v) is 2.99. The third kappa shape index (κ3) is 3.27. The number of carbonyl (C=O) groups excluding carboxylic acids is 1. The van der Waals surface area contributed by atoms with Crippen molar-refractivity contribution in [3.63, 3.8) is 0 Å². The van der Waals surface area contributed by atoms with E-state index in [1.54, 1.807) is 6.92 Å². The van der Waals surface area contributed by atoms with Gasteiger partial charge in [-0.3, -0.25) is 0 Å². The van der Waals surface area contributed by atoms with Crippen LogP contribution in [0.25, 0.3) is 0 Å². The highest BCUT2D eigenvalue weighted by molar-refractivity contribution is 5.77. The van der Waals surface area contributed by atoms with Gasteiger partial charge in [-0.05, 0) is 13.3 Å². The molecule has 0 aliphatic carbocycles. The average Bonchev–Trinajstić information content (AvgIpc) is 2.21. The summed E-state index contributed by atoms with van der Waals surface area (Å²) in [4.78, 5) is 11.6. The van der Waals surface area contributed by atoms with Gasteiger partial charge >= 0.3 is 5.97 Å². The van der Waals surface area contributed by atoms with Crippen LogP contribution in [0.4, 0.5) is 0 Å². The van der Waals surface area contributed by atoms with Crippen LogP contribution >= 0.6 is 0 Å². The Morgan fingerprint density at radius 3 is 2.14 bits per heavy atom. The lowest BCUT2D eigenvalue weighted by molar-refractivity contribution is -0.232. The molecule has 0 heterocycles. The maximum absolute atomic E-state index is 11.6. The molecule has 0 spiro atoms. The Balaban J connectivity index is 4.42. The smallest absolute Gasteiger partial charge is 0.366 e. The molecule has 0 aromatic rings. The summed E-state index contributed by atoms with van der Waals surface area (Å²) in [5, 5.41) is 0. The van der Waals surface area contributed by atoms with Crippen molar-refractivity contribution in [1.82, 2.24) is 0 Å².